The van der Waals surface area contributed by atoms with Crippen LogP contribution >= 0.6 is 11.6 Å². The summed E-state index contributed by atoms with van der Waals surface area (Å²) in [6.45, 7) is 0. The quantitative estimate of drug-likeness (QED) is 0.504. The van der Waals surface area contributed by atoms with Gasteiger partial charge in [-0.2, -0.15) is 0 Å². The van der Waals surface area contributed by atoms with E-state index in [1.54, 1.807) is 48.5 Å². The van der Waals surface area contributed by atoms with E-state index in [1.165, 1.54) is 0 Å². The predicted molar refractivity (Wildman–Crippen MR) is 67.3 cm³/mol. The molecule has 0 amide bonds. The molecule has 0 bridgehead atoms. The molecule has 2 aromatic carbocycles. The van der Waals surface area contributed by atoms with Gasteiger partial charge >= 0.3 is 5.97 Å². The Bertz CT molecular complexity index is 555. The van der Waals surface area contributed by atoms with Crippen molar-refractivity contribution in [3.05, 3.63) is 59.1 Å². The van der Waals surface area contributed by atoms with E-state index in [4.69, 9.17) is 22.1 Å². The van der Waals surface area contributed by atoms with Crippen molar-refractivity contribution in [2.45, 2.75) is 0 Å². The first-order valence-corrected chi connectivity index (χ1v) is 5.37. The molecule has 86 valence electrons. The fourth-order valence-electron chi connectivity index (χ4n) is 1.37. The molecule has 0 aliphatic carbocycles. The summed E-state index contributed by atoms with van der Waals surface area (Å²) >= 11 is 5.89. The number of carbonyl (C=O) groups is 1. The van der Waals surface area contributed by atoms with Gasteiger partial charge in [-0.1, -0.05) is 35.9 Å². The van der Waals surface area contributed by atoms with Crippen molar-refractivity contribution in [3.8, 4) is 5.75 Å². The predicted octanol–water partition coefficient (Wildman–Crippen LogP) is 3.14. The Balaban J connectivity index is 2.24. The molecule has 0 radical (unpaired) electrons. The van der Waals surface area contributed by atoms with Gasteiger partial charge in [-0.3, -0.25) is 0 Å². The number of para-hydroxylation sites is 2. The van der Waals surface area contributed by atoms with E-state index in [-0.39, 0.29) is 0 Å². The second-order valence-electron chi connectivity index (χ2n) is 3.41. The maximum Gasteiger partial charge on any atom is 0.345 e. The van der Waals surface area contributed by atoms with Crippen LogP contribution in [0.3, 0.4) is 0 Å². The summed E-state index contributed by atoms with van der Waals surface area (Å²) in [5, 5.41) is 0.385. The van der Waals surface area contributed by atoms with Crippen LogP contribution in [0.15, 0.2) is 48.5 Å². The Labute approximate surface area is 104 Å². The van der Waals surface area contributed by atoms with Crippen LogP contribution in [0.5, 0.6) is 5.75 Å². The van der Waals surface area contributed by atoms with Crippen LogP contribution in [0.1, 0.15) is 10.4 Å². The minimum atomic E-state index is -0.517. The second-order valence-corrected chi connectivity index (χ2v) is 3.81. The molecule has 0 aromatic heterocycles. The molecule has 3 nitrogen and oxygen atoms in total. The lowest BCUT2D eigenvalue weighted by atomic mass is 10.2. The molecule has 17 heavy (non-hydrogen) atoms. The number of nitrogen functional groups attached to an aromatic ring is 1. The van der Waals surface area contributed by atoms with E-state index < -0.39 is 5.97 Å². The van der Waals surface area contributed by atoms with Gasteiger partial charge in [-0.15, -0.1) is 0 Å². The van der Waals surface area contributed by atoms with Gasteiger partial charge in [0.1, 0.15) is 5.75 Å². The fourth-order valence-corrected chi connectivity index (χ4v) is 1.54. The molecule has 0 saturated heterocycles. The SMILES string of the molecule is Nc1ccccc1C(=O)Oc1ccccc1Cl. The van der Waals surface area contributed by atoms with E-state index in [0.29, 0.717) is 22.0 Å². The number of halogens is 1. The van der Waals surface area contributed by atoms with E-state index in [9.17, 15) is 4.79 Å². The highest BCUT2D eigenvalue weighted by molar-refractivity contribution is 6.32. The maximum atomic E-state index is 11.8. The number of benzene rings is 2. The standard InChI is InChI=1S/C13H10ClNO2/c14-10-6-2-4-8-12(10)17-13(16)9-5-1-3-7-11(9)15/h1-8H,15H2. The van der Waals surface area contributed by atoms with Crippen molar-refractivity contribution < 1.29 is 9.53 Å². The third-order valence-electron chi connectivity index (χ3n) is 2.22. The van der Waals surface area contributed by atoms with Crippen molar-refractivity contribution >= 4 is 23.3 Å². The van der Waals surface area contributed by atoms with Gasteiger partial charge in [0, 0.05) is 5.69 Å². The first-order chi connectivity index (χ1) is 8.18. The Morgan fingerprint density at radius 1 is 1.06 bits per heavy atom. The molecular weight excluding hydrogens is 238 g/mol. The molecule has 0 aliphatic rings. The Hall–Kier alpha value is -2.00. The molecule has 0 aliphatic heterocycles. The molecule has 0 atom stereocenters. The molecule has 4 heteroatoms. The van der Waals surface area contributed by atoms with E-state index >= 15 is 0 Å². The number of ether oxygens (including phenoxy) is 1. The van der Waals surface area contributed by atoms with Gasteiger partial charge in [0.15, 0.2) is 0 Å². The smallest absolute Gasteiger partial charge is 0.345 e. The summed E-state index contributed by atoms with van der Waals surface area (Å²) in [4.78, 5) is 11.8. The molecule has 0 unspecified atom stereocenters. The number of hydrogen-bond acceptors (Lipinski definition) is 3. The van der Waals surface area contributed by atoms with Gasteiger partial charge in [0.25, 0.3) is 0 Å². The van der Waals surface area contributed by atoms with Crippen molar-refractivity contribution in [2.75, 3.05) is 5.73 Å². The first-order valence-electron chi connectivity index (χ1n) is 4.99. The van der Waals surface area contributed by atoms with E-state index in [1.807, 2.05) is 0 Å². The summed E-state index contributed by atoms with van der Waals surface area (Å²) < 4.78 is 5.16. The lowest BCUT2D eigenvalue weighted by Gasteiger charge is -2.07. The molecular formula is C13H10ClNO2. The Morgan fingerprint density at radius 2 is 1.71 bits per heavy atom. The lowest BCUT2D eigenvalue weighted by Crippen LogP contribution is -2.11. The number of anilines is 1. The third-order valence-corrected chi connectivity index (χ3v) is 2.53. The molecule has 0 saturated carbocycles. The van der Waals surface area contributed by atoms with Gasteiger partial charge in [0.05, 0.1) is 10.6 Å². The number of nitrogens with two attached hydrogens (primary N) is 1. The summed E-state index contributed by atoms with van der Waals surface area (Å²) in [7, 11) is 0. The normalized spacial score (nSPS) is 9.94. The topological polar surface area (TPSA) is 52.3 Å². The fraction of sp³-hybridized carbons (Fsp3) is 0. The van der Waals surface area contributed by atoms with Crippen molar-refractivity contribution in [2.24, 2.45) is 0 Å². The summed E-state index contributed by atoms with van der Waals surface area (Å²) in [6.07, 6.45) is 0. The zero-order valence-corrected chi connectivity index (χ0v) is 9.65. The van der Waals surface area contributed by atoms with Crippen LogP contribution in [0, 0.1) is 0 Å². The zero-order chi connectivity index (χ0) is 12.3. The number of hydrogen-bond donors (Lipinski definition) is 1. The number of rotatable bonds is 2. The van der Waals surface area contributed by atoms with Crippen LogP contribution in [-0.4, -0.2) is 5.97 Å². The minimum absolute atomic E-state index is 0.322. The van der Waals surface area contributed by atoms with Gasteiger partial charge in [0.2, 0.25) is 0 Å². The third kappa shape index (κ3) is 2.57. The highest BCUT2D eigenvalue weighted by Crippen LogP contribution is 2.24. The molecule has 2 aromatic rings. The summed E-state index contributed by atoms with van der Waals surface area (Å²) in [5.41, 5.74) is 6.38. The van der Waals surface area contributed by atoms with Crippen molar-refractivity contribution in [1.82, 2.24) is 0 Å². The van der Waals surface area contributed by atoms with Gasteiger partial charge < -0.3 is 10.5 Å². The largest absolute Gasteiger partial charge is 0.421 e. The molecule has 0 heterocycles. The van der Waals surface area contributed by atoms with Crippen molar-refractivity contribution in [3.63, 3.8) is 0 Å². The summed E-state index contributed by atoms with van der Waals surface area (Å²) in [5.74, 6) is -0.196. The molecule has 2 N–H and O–H groups in total. The lowest BCUT2D eigenvalue weighted by molar-refractivity contribution is 0.0736. The van der Waals surface area contributed by atoms with Gasteiger partial charge in [-0.25, -0.2) is 4.79 Å². The van der Waals surface area contributed by atoms with Crippen LogP contribution in [0.2, 0.25) is 5.02 Å². The van der Waals surface area contributed by atoms with Crippen LogP contribution < -0.4 is 10.5 Å². The molecule has 0 fully saturated rings. The van der Waals surface area contributed by atoms with Gasteiger partial charge in [-0.05, 0) is 24.3 Å². The monoisotopic (exact) mass is 247 g/mol. The average molecular weight is 248 g/mol. The second kappa shape index (κ2) is 4.89. The van der Waals surface area contributed by atoms with Crippen LogP contribution in [-0.2, 0) is 0 Å². The first kappa shape index (κ1) is 11.5. The summed E-state index contributed by atoms with van der Waals surface area (Å²) in [6, 6.07) is 13.5. The Morgan fingerprint density at radius 3 is 2.41 bits per heavy atom. The molecule has 2 rings (SSSR count). The van der Waals surface area contributed by atoms with E-state index in [2.05, 4.69) is 0 Å². The van der Waals surface area contributed by atoms with E-state index in [0.717, 1.165) is 0 Å². The van der Waals surface area contributed by atoms with Crippen LogP contribution in [0.4, 0.5) is 5.69 Å². The maximum absolute atomic E-state index is 11.8. The minimum Gasteiger partial charge on any atom is -0.421 e. The molecule has 0 spiro atoms. The zero-order valence-electron chi connectivity index (χ0n) is 8.89. The highest BCUT2D eigenvalue weighted by atomic mass is 35.5. The Kier molecular flexibility index (Phi) is 3.30. The highest BCUT2D eigenvalue weighted by Gasteiger charge is 2.12. The van der Waals surface area contributed by atoms with Crippen molar-refractivity contribution in [1.29, 1.82) is 0 Å². The number of carbonyl (C=O) groups excluding carboxylic acids is 1. The average Bonchev–Trinajstić information content (AvgIpc) is 2.32. The number of esters is 1. The van der Waals surface area contributed by atoms with Crippen LogP contribution in [0.25, 0.3) is 0 Å².